The molecule has 2 aromatic carbocycles. The van der Waals surface area contributed by atoms with Crippen molar-refractivity contribution in [2.24, 2.45) is 23.7 Å². The molecule has 0 unspecified atom stereocenters. The summed E-state index contributed by atoms with van der Waals surface area (Å²) in [5.74, 6) is -2.78. The number of aliphatic hydroxyl groups is 1. The summed E-state index contributed by atoms with van der Waals surface area (Å²) in [5, 5.41) is 15.2. The van der Waals surface area contributed by atoms with Gasteiger partial charge in [0.25, 0.3) is 0 Å². The van der Waals surface area contributed by atoms with Gasteiger partial charge in [-0.15, -0.1) is 0 Å². The van der Waals surface area contributed by atoms with E-state index in [0.717, 1.165) is 27.9 Å². The summed E-state index contributed by atoms with van der Waals surface area (Å²) in [7, 11) is -3.57. The SMILES string of the molecule is CC1=C[C@H]2C(=O)O[C@H]3C[C@@H](C/C=C(\C)C[C@@H](C)/C=C/C=C4\CO[C@H]([C@@H]1O[Si](OC(C)(C)C)(c1ccccc1)c1ccccc1)[C@@]42O)O[C@@]1(CC(=O)[C@H](C)[C@@H](/C(C)=C/C(C)C)O1)C3. The molecule has 5 aliphatic rings. The lowest BCUT2D eigenvalue weighted by molar-refractivity contribution is -0.319. The van der Waals surface area contributed by atoms with Gasteiger partial charge >= 0.3 is 14.5 Å². The van der Waals surface area contributed by atoms with Crippen LogP contribution < -0.4 is 10.4 Å². The van der Waals surface area contributed by atoms with Crippen LogP contribution in [0.5, 0.6) is 0 Å². The Labute approximate surface area is 370 Å². The first-order valence-electron chi connectivity index (χ1n) is 22.6. The number of rotatable bonds is 7. The Morgan fingerprint density at radius 2 is 1.63 bits per heavy atom. The highest BCUT2D eigenvalue weighted by Crippen LogP contribution is 2.49. The molecule has 334 valence electrons. The number of benzene rings is 2. The number of ether oxygens (including phenoxy) is 4. The van der Waals surface area contributed by atoms with E-state index in [4.69, 9.17) is 27.8 Å². The van der Waals surface area contributed by atoms with Crippen LogP contribution in [0, 0.1) is 23.7 Å². The first kappa shape index (κ1) is 46.3. The van der Waals surface area contributed by atoms with Crippen LogP contribution in [0.4, 0.5) is 0 Å². The molecule has 0 amide bonds. The summed E-state index contributed by atoms with van der Waals surface area (Å²) in [6, 6.07) is 20.1. The maximum Gasteiger partial charge on any atom is 0.408 e. The predicted octanol–water partition coefficient (Wildman–Crippen LogP) is 8.39. The monoisotopic (exact) mass is 864 g/mol. The van der Waals surface area contributed by atoms with E-state index < -0.39 is 61.9 Å². The van der Waals surface area contributed by atoms with Crippen molar-refractivity contribution in [2.45, 2.75) is 149 Å². The first-order chi connectivity index (χ1) is 29.3. The van der Waals surface area contributed by atoms with Gasteiger partial charge in [0.15, 0.2) is 5.79 Å². The molecule has 2 aromatic rings. The maximum absolute atomic E-state index is 15.0. The van der Waals surface area contributed by atoms with Gasteiger partial charge in [-0.05, 0) is 93.3 Å². The van der Waals surface area contributed by atoms with Crippen molar-refractivity contribution in [3.8, 4) is 0 Å². The molecule has 0 saturated carbocycles. The lowest BCUT2D eigenvalue weighted by Gasteiger charge is -2.49. The summed E-state index contributed by atoms with van der Waals surface area (Å²) in [6.45, 7) is 20.5. The Morgan fingerprint density at radius 1 is 0.968 bits per heavy atom. The summed E-state index contributed by atoms with van der Waals surface area (Å²) < 4.78 is 41.6. The molecule has 0 aromatic heterocycles. The highest BCUT2D eigenvalue weighted by atomic mass is 28.4. The molecular weight excluding hydrogens is 797 g/mol. The normalized spacial score (nSPS) is 35.9. The minimum atomic E-state index is -3.57. The van der Waals surface area contributed by atoms with Crippen LogP contribution in [-0.4, -0.2) is 79.5 Å². The van der Waals surface area contributed by atoms with Gasteiger partial charge in [0, 0.05) is 18.8 Å². The zero-order chi connectivity index (χ0) is 44.6. The summed E-state index contributed by atoms with van der Waals surface area (Å²) in [5.41, 5.74) is 1.06. The maximum atomic E-state index is 15.0. The van der Waals surface area contributed by atoms with E-state index >= 15 is 0 Å². The van der Waals surface area contributed by atoms with Crippen LogP contribution in [0.25, 0.3) is 0 Å². The first-order valence-corrected chi connectivity index (χ1v) is 24.5. The lowest BCUT2D eigenvalue weighted by atomic mass is 9.71. The molecule has 9 nitrogen and oxygen atoms in total. The number of esters is 1. The molecule has 2 bridgehead atoms. The van der Waals surface area contributed by atoms with Crippen LogP contribution in [0.1, 0.15) is 101 Å². The molecule has 3 saturated heterocycles. The number of hydrogen-bond donors (Lipinski definition) is 1. The Bertz CT molecular complexity index is 2060. The second-order valence-electron chi connectivity index (χ2n) is 19.9. The zero-order valence-corrected chi connectivity index (χ0v) is 39.4. The Kier molecular flexibility index (Phi) is 13.7. The molecule has 0 radical (unpaired) electrons. The van der Waals surface area contributed by atoms with Gasteiger partial charge < -0.3 is 32.9 Å². The van der Waals surface area contributed by atoms with E-state index in [9.17, 15) is 14.7 Å². The molecule has 62 heavy (non-hydrogen) atoms. The average Bonchev–Trinajstić information content (AvgIpc) is 3.54. The molecule has 1 aliphatic carbocycles. The number of allylic oxidation sites excluding steroid dienone is 5. The average molecular weight is 865 g/mol. The van der Waals surface area contributed by atoms with Crippen molar-refractivity contribution in [1.82, 2.24) is 0 Å². The fraction of sp³-hybridized carbons (Fsp3) is 0.538. The largest absolute Gasteiger partial charge is 0.462 e. The number of carbonyl (C=O) groups excluding carboxylic acids is 2. The quantitative estimate of drug-likeness (QED) is 0.167. The summed E-state index contributed by atoms with van der Waals surface area (Å²) in [4.78, 5) is 28.8. The fourth-order valence-electron chi connectivity index (χ4n) is 10.2. The number of hydrogen-bond acceptors (Lipinski definition) is 9. The number of fused-ring (bicyclic) bond motifs is 2. The van der Waals surface area contributed by atoms with E-state index in [1.807, 2.05) is 120 Å². The number of Topliss-reactive ketones (excluding diaryl/α,β-unsaturated/α-hetero) is 1. The van der Waals surface area contributed by atoms with E-state index in [1.54, 1.807) is 0 Å². The highest BCUT2D eigenvalue weighted by Gasteiger charge is 2.63. The van der Waals surface area contributed by atoms with Gasteiger partial charge in [-0.2, -0.15) is 0 Å². The van der Waals surface area contributed by atoms with Crippen LogP contribution in [0.2, 0.25) is 0 Å². The van der Waals surface area contributed by atoms with E-state index in [2.05, 4.69) is 45.9 Å². The zero-order valence-electron chi connectivity index (χ0n) is 38.4. The predicted molar refractivity (Wildman–Crippen MR) is 244 cm³/mol. The van der Waals surface area contributed by atoms with Gasteiger partial charge in [0.05, 0.1) is 36.9 Å². The number of ketones is 1. The second kappa shape index (κ2) is 18.4. The smallest absolute Gasteiger partial charge is 0.408 e. The third-order valence-electron chi connectivity index (χ3n) is 12.9. The molecule has 3 fully saturated rings. The van der Waals surface area contributed by atoms with Crippen LogP contribution in [0.15, 0.2) is 119 Å². The van der Waals surface area contributed by atoms with E-state index in [0.29, 0.717) is 18.4 Å². The van der Waals surface area contributed by atoms with Crippen LogP contribution in [-0.2, 0) is 37.4 Å². The summed E-state index contributed by atoms with van der Waals surface area (Å²) >= 11 is 0. The highest BCUT2D eigenvalue weighted by molar-refractivity contribution is 6.92. The van der Waals surface area contributed by atoms with Crippen LogP contribution >= 0.6 is 0 Å². The third kappa shape index (κ3) is 9.67. The fourth-order valence-corrected chi connectivity index (χ4v) is 13.9. The van der Waals surface area contributed by atoms with Crippen molar-refractivity contribution < 1.29 is 42.5 Å². The molecule has 4 heterocycles. The van der Waals surface area contributed by atoms with Gasteiger partial charge in [0.2, 0.25) is 0 Å². The standard InChI is InChI=1S/C52H68O9Si/c1-33(2)26-36(5)46-38(7)45(53)31-51(59-46)30-41-29-40(58-51)25-24-35(4)27-34(3)18-17-19-39-32-56-48-47(37(6)28-44(49(54)57-41)52(39,48)55)60-62(61-50(8,9)10,42-20-13-11-14-21-42)43-22-15-12-16-23-43/h11-24,26,28,33-34,38,40-41,44,46-48,55H,25,27,29-32H2,1-10H3/b18-17+,35-24+,36-26+,39-19+/t34-,38-,40+,41-,44-,46+,47+,48+,51-,52+/m0/s1. The molecule has 10 atom stereocenters. The van der Waals surface area contributed by atoms with Gasteiger partial charge in [0.1, 0.15) is 29.5 Å². The molecule has 1 spiro atoms. The lowest BCUT2D eigenvalue weighted by Crippen LogP contribution is -2.69. The second-order valence-corrected chi connectivity index (χ2v) is 22.7. The van der Waals surface area contributed by atoms with E-state index in [1.165, 1.54) is 5.57 Å². The summed E-state index contributed by atoms with van der Waals surface area (Å²) in [6.07, 6.45) is 11.0. The Hall–Kier alpha value is -3.74. The van der Waals surface area contributed by atoms with Gasteiger partial charge in [-0.25, -0.2) is 0 Å². The Morgan fingerprint density at radius 3 is 2.26 bits per heavy atom. The third-order valence-corrected chi connectivity index (χ3v) is 16.6. The van der Waals surface area contributed by atoms with Crippen LogP contribution in [0.3, 0.4) is 0 Å². The van der Waals surface area contributed by atoms with Crippen molar-refractivity contribution >= 4 is 30.7 Å². The van der Waals surface area contributed by atoms with Gasteiger partial charge in [-0.1, -0.05) is 130 Å². The molecular formula is C52H68O9Si. The molecule has 1 N–H and O–H groups in total. The van der Waals surface area contributed by atoms with Crippen molar-refractivity contribution in [3.63, 3.8) is 0 Å². The minimum absolute atomic E-state index is 0.0611. The van der Waals surface area contributed by atoms with Crippen molar-refractivity contribution in [3.05, 3.63) is 119 Å². The topological polar surface area (TPSA) is 110 Å². The van der Waals surface area contributed by atoms with E-state index in [-0.39, 0.29) is 49.1 Å². The number of carbonyl (C=O) groups is 2. The van der Waals surface area contributed by atoms with Crippen molar-refractivity contribution in [1.29, 1.82) is 0 Å². The van der Waals surface area contributed by atoms with Gasteiger partial charge in [-0.3, -0.25) is 9.59 Å². The molecule has 4 aliphatic heterocycles. The Balaban J connectivity index is 1.31. The van der Waals surface area contributed by atoms with Crippen molar-refractivity contribution in [2.75, 3.05) is 6.61 Å². The minimum Gasteiger partial charge on any atom is -0.462 e. The molecule has 7 rings (SSSR count). The molecule has 10 heteroatoms.